The first-order chi connectivity index (χ1) is 17.2. The largest absolute Gasteiger partial charge is 0.447 e. The van der Waals surface area contributed by atoms with Crippen molar-refractivity contribution in [1.82, 2.24) is 4.90 Å². The van der Waals surface area contributed by atoms with Crippen LogP contribution in [0.2, 0.25) is 0 Å². The molecule has 35 heavy (non-hydrogen) atoms. The second kappa shape index (κ2) is 20.5. The molecule has 0 saturated heterocycles. The third-order valence-corrected chi connectivity index (χ3v) is 8.70. The van der Waals surface area contributed by atoms with E-state index in [9.17, 15) is 4.79 Å². The fourth-order valence-electron chi connectivity index (χ4n) is 6.60. The van der Waals surface area contributed by atoms with E-state index in [-0.39, 0.29) is 12.2 Å². The lowest BCUT2D eigenvalue weighted by atomic mass is 9.88. The number of carbonyl (C=O) groups is 1. The summed E-state index contributed by atoms with van der Waals surface area (Å²) < 4.78 is 6.03. The van der Waals surface area contributed by atoms with E-state index < -0.39 is 0 Å². The summed E-state index contributed by atoms with van der Waals surface area (Å²) in [6.07, 6.45) is 34.2. The molecule has 0 amide bonds. The molecule has 0 bridgehead atoms. The van der Waals surface area contributed by atoms with Crippen LogP contribution in [0.1, 0.15) is 181 Å². The van der Waals surface area contributed by atoms with Crippen LogP contribution in [-0.2, 0) is 9.53 Å². The van der Waals surface area contributed by atoms with E-state index >= 15 is 0 Å². The summed E-state index contributed by atoms with van der Waals surface area (Å²) in [5, 5.41) is 0. The van der Waals surface area contributed by atoms with Gasteiger partial charge in [-0.15, -0.1) is 0 Å². The quantitative estimate of drug-likeness (QED) is 0.0963. The molecule has 0 radical (unpaired) electrons. The Morgan fingerprint density at radius 3 is 1.40 bits per heavy atom. The van der Waals surface area contributed by atoms with Crippen LogP contribution in [0.25, 0.3) is 0 Å². The van der Waals surface area contributed by atoms with Gasteiger partial charge in [0.15, 0.2) is 6.23 Å². The number of hydrogen-bond acceptors (Lipinski definition) is 3. The highest BCUT2D eigenvalue weighted by Gasteiger charge is 2.33. The molecule has 3 heteroatoms. The van der Waals surface area contributed by atoms with Gasteiger partial charge >= 0.3 is 5.97 Å². The van der Waals surface area contributed by atoms with Crippen LogP contribution in [0.5, 0.6) is 0 Å². The highest BCUT2D eigenvalue weighted by Crippen LogP contribution is 2.32. The highest BCUT2D eigenvalue weighted by molar-refractivity contribution is 5.69. The second-order valence-electron chi connectivity index (χ2n) is 11.8. The zero-order valence-corrected chi connectivity index (χ0v) is 23.9. The first-order valence-corrected chi connectivity index (χ1v) is 16.2. The zero-order chi connectivity index (χ0) is 25.0. The first-order valence-electron chi connectivity index (χ1n) is 16.2. The predicted octanol–water partition coefficient (Wildman–Crippen LogP) is 10.1. The van der Waals surface area contributed by atoms with Crippen molar-refractivity contribution in [3.05, 3.63) is 0 Å². The predicted molar refractivity (Wildman–Crippen MR) is 151 cm³/mol. The van der Waals surface area contributed by atoms with Crippen LogP contribution in [0, 0.1) is 0 Å². The van der Waals surface area contributed by atoms with E-state index in [1.54, 1.807) is 0 Å². The minimum Gasteiger partial charge on any atom is -0.447 e. The number of nitrogens with zero attached hydrogens (tertiary/aromatic N) is 1. The molecular formula is C32H61NO2. The van der Waals surface area contributed by atoms with Crippen LogP contribution in [0.3, 0.4) is 0 Å². The summed E-state index contributed by atoms with van der Waals surface area (Å²) in [5.74, 6) is 0.0313. The van der Waals surface area contributed by atoms with Crippen molar-refractivity contribution in [1.29, 1.82) is 0 Å². The van der Waals surface area contributed by atoms with E-state index in [0.29, 0.717) is 18.5 Å². The molecule has 1 unspecified atom stereocenters. The summed E-state index contributed by atoms with van der Waals surface area (Å²) in [6.45, 7) is 4.44. The molecule has 3 nitrogen and oxygen atoms in total. The average molecular weight is 492 g/mol. The Hall–Kier alpha value is -0.570. The number of hydrogen-bond donors (Lipinski definition) is 0. The van der Waals surface area contributed by atoms with Crippen molar-refractivity contribution < 1.29 is 9.53 Å². The summed E-state index contributed by atoms with van der Waals surface area (Å²) in [7, 11) is 0. The number of rotatable bonds is 20. The molecule has 2 rings (SSSR count). The van der Waals surface area contributed by atoms with Crippen molar-refractivity contribution in [2.24, 2.45) is 0 Å². The topological polar surface area (TPSA) is 29.5 Å². The van der Waals surface area contributed by atoms with Crippen LogP contribution >= 0.6 is 0 Å². The smallest absolute Gasteiger partial charge is 0.307 e. The lowest BCUT2D eigenvalue weighted by molar-refractivity contribution is -0.165. The van der Waals surface area contributed by atoms with E-state index in [1.165, 1.54) is 154 Å². The summed E-state index contributed by atoms with van der Waals surface area (Å²) in [5.41, 5.74) is 0. The Bertz CT molecular complexity index is 478. The van der Waals surface area contributed by atoms with Crippen molar-refractivity contribution in [3.63, 3.8) is 0 Å². The SMILES string of the molecule is CCCCCCCCCCCCCCCCCC(=O)OC(C)N(C1CCCCC1)C1CCCCC1. The number of unbranched alkanes of at least 4 members (excludes halogenated alkanes) is 14. The van der Waals surface area contributed by atoms with E-state index in [1.807, 2.05) is 0 Å². The molecule has 2 aliphatic rings. The van der Waals surface area contributed by atoms with Crippen molar-refractivity contribution in [2.75, 3.05) is 0 Å². The van der Waals surface area contributed by atoms with E-state index in [2.05, 4.69) is 18.7 Å². The average Bonchev–Trinajstić information content (AvgIpc) is 2.88. The maximum absolute atomic E-state index is 12.6. The van der Waals surface area contributed by atoms with Gasteiger partial charge in [-0.1, -0.05) is 135 Å². The van der Waals surface area contributed by atoms with Gasteiger partial charge in [-0.05, 0) is 39.0 Å². The molecule has 0 aromatic heterocycles. The molecule has 1 atom stereocenters. The van der Waals surface area contributed by atoms with E-state index in [0.717, 1.165) is 6.42 Å². The third-order valence-electron chi connectivity index (χ3n) is 8.70. The molecule has 2 saturated carbocycles. The van der Waals surface area contributed by atoms with Crippen molar-refractivity contribution >= 4 is 5.97 Å². The fourth-order valence-corrected chi connectivity index (χ4v) is 6.60. The Morgan fingerprint density at radius 1 is 0.629 bits per heavy atom. The molecule has 0 aliphatic heterocycles. The molecular weight excluding hydrogens is 430 g/mol. The van der Waals surface area contributed by atoms with Gasteiger partial charge in [0.25, 0.3) is 0 Å². The van der Waals surface area contributed by atoms with E-state index in [4.69, 9.17) is 4.74 Å². The Labute approximate surface area is 219 Å². The summed E-state index contributed by atoms with van der Waals surface area (Å²) >= 11 is 0. The Morgan fingerprint density at radius 2 is 1.00 bits per heavy atom. The van der Waals surface area contributed by atoms with Gasteiger partial charge in [-0.25, -0.2) is 0 Å². The van der Waals surface area contributed by atoms with Crippen LogP contribution < -0.4 is 0 Å². The lowest BCUT2D eigenvalue weighted by Gasteiger charge is -2.44. The number of carbonyl (C=O) groups excluding carboxylic acids is 1. The van der Waals surface area contributed by atoms with Gasteiger partial charge in [0.1, 0.15) is 0 Å². The first kappa shape index (κ1) is 30.7. The fraction of sp³-hybridized carbons (Fsp3) is 0.969. The lowest BCUT2D eigenvalue weighted by Crippen LogP contribution is -2.51. The minimum absolute atomic E-state index is 0.0313. The van der Waals surface area contributed by atoms with Crippen molar-refractivity contribution in [3.8, 4) is 0 Å². The van der Waals surface area contributed by atoms with Crippen LogP contribution in [0.15, 0.2) is 0 Å². The molecule has 0 aromatic carbocycles. The maximum Gasteiger partial charge on any atom is 0.307 e. The Balaban J connectivity index is 1.48. The standard InChI is InChI=1S/C32H61NO2/c1-3-4-5-6-7-8-9-10-11-12-13-14-15-16-23-28-32(34)35-29(2)33(30-24-19-17-20-25-30)31-26-21-18-22-27-31/h29-31H,3-28H2,1-2H3. The van der Waals surface area contributed by atoms with Gasteiger partial charge in [-0.3, -0.25) is 9.69 Å². The summed E-state index contributed by atoms with van der Waals surface area (Å²) in [6, 6.07) is 1.25. The monoisotopic (exact) mass is 491 g/mol. The van der Waals surface area contributed by atoms with Gasteiger partial charge in [0.05, 0.1) is 0 Å². The molecule has 2 fully saturated rings. The van der Waals surface area contributed by atoms with Gasteiger partial charge < -0.3 is 4.74 Å². The molecule has 2 aliphatic carbocycles. The number of ether oxygens (including phenoxy) is 1. The molecule has 0 N–H and O–H groups in total. The molecule has 0 aromatic rings. The van der Waals surface area contributed by atoms with Gasteiger partial charge in [0, 0.05) is 18.5 Å². The minimum atomic E-state index is -0.0509. The molecule has 206 valence electrons. The summed E-state index contributed by atoms with van der Waals surface area (Å²) in [4.78, 5) is 15.2. The van der Waals surface area contributed by atoms with Crippen LogP contribution in [0.4, 0.5) is 0 Å². The maximum atomic E-state index is 12.6. The Kier molecular flexibility index (Phi) is 17.9. The van der Waals surface area contributed by atoms with Gasteiger partial charge in [0.2, 0.25) is 0 Å². The number of esters is 1. The normalized spacial score (nSPS) is 18.7. The van der Waals surface area contributed by atoms with Crippen molar-refractivity contribution in [2.45, 2.75) is 199 Å². The molecule has 0 heterocycles. The van der Waals surface area contributed by atoms with Gasteiger partial charge in [-0.2, -0.15) is 0 Å². The van der Waals surface area contributed by atoms with Crippen LogP contribution in [-0.4, -0.2) is 29.2 Å². The molecule has 0 spiro atoms. The zero-order valence-electron chi connectivity index (χ0n) is 23.9. The highest BCUT2D eigenvalue weighted by atomic mass is 16.6. The second-order valence-corrected chi connectivity index (χ2v) is 11.8. The third kappa shape index (κ3) is 14.1.